The van der Waals surface area contributed by atoms with Crippen molar-refractivity contribution >= 4 is 0 Å². The van der Waals surface area contributed by atoms with E-state index in [0.717, 1.165) is 6.20 Å². The SMILES string of the molecule is Fc1nc(F)c(F)c(-c2cccnc2)c1F. The lowest BCUT2D eigenvalue weighted by molar-refractivity contribution is 0.410. The number of pyridine rings is 2. The maximum Gasteiger partial charge on any atom is 0.252 e. The van der Waals surface area contributed by atoms with E-state index in [1.807, 2.05) is 0 Å². The van der Waals surface area contributed by atoms with Crippen molar-refractivity contribution in [3.63, 3.8) is 0 Å². The first-order valence-corrected chi connectivity index (χ1v) is 4.21. The average Bonchev–Trinajstić information content (AvgIpc) is 2.28. The molecule has 0 fully saturated rings. The van der Waals surface area contributed by atoms with E-state index in [1.165, 1.54) is 18.3 Å². The van der Waals surface area contributed by atoms with Crippen LogP contribution in [-0.4, -0.2) is 9.97 Å². The fourth-order valence-corrected chi connectivity index (χ4v) is 1.25. The summed E-state index contributed by atoms with van der Waals surface area (Å²) in [5.41, 5.74) is -0.865. The summed E-state index contributed by atoms with van der Waals surface area (Å²) in [7, 11) is 0. The topological polar surface area (TPSA) is 25.8 Å². The van der Waals surface area contributed by atoms with Gasteiger partial charge in [0.25, 0.3) is 11.9 Å². The summed E-state index contributed by atoms with van der Waals surface area (Å²) < 4.78 is 52.1. The molecule has 2 nitrogen and oxygen atoms in total. The van der Waals surface area contributed by atoms with Crippen LogP contribution in [0.5, 0.6) is 0 Å². The van der Waals surface area contributed by atoms with Crippen LogP contribution in [0.15, 0.2) is 24.5 Å². The second kappa shape index (κ2) is 3.88. The molecule has 2 aromatic rings. The molecule has 0 aliphatic heterocycles. The van der Waals surface area contributed by atoms with Crippen LogP contribution in [0.25, 0.3) is 11.1 Å². The lowest BCUT2D eigenvalue weighted by Crippen LogP contribution is -2.02. The Balaban J connectivity index is 2.74. The summed E-state index contributed by atoms with van der Waals surface area (Å²) >= 11 is 0. The predicted octanol–water partition coefficient (Wildman–Crippen LogP) is 2.70. The van der Waals surface area contributed by atoms with Crippen LogP contribution in [0, 0.1) is 23.5 Å². The van der Waals surface area contributed by atoms with Gasteiger partial charge in [0.05, 0.1) is 5.56 Å². The monoisotopic (exact) mass is 228 g/mol. The van der Waals surface area contributed by atoms with E-state index < -0.39 is 29.1 Å². The Kier molecular flexibility index (Phi) is 2.55. The zero-order chi connectivity index (χ0) is 11.7. The molecular weight excluding hydrogens is 224 g/mol. The molecule has 2 heterocycles. The molecule has 0 atom stereocenters. The zero-order valence-corrected chi connectivity index (χ0v) is 7.72. The molecule has 0 saturated carbocycles. The minimum absolute atomic E-state index is 0.0577. The Morgan fingerprint density at radius 1 is 0.938 bits per heavy atom. The number of hydrogen-bond donors (Lipinski definition) is 0. The first-order chi connectivity index (χ1) is 7.61. The maximum absolute atomic E-state index is 13.3. The summed E-state index contributed by atoms with van der Waals surface area (Å²) in [5, 5.41) is 0. The van der Waals surface area contributed by atoms with Gasteiger partial charge in [0.1, 0.15) is 0 Å². The highest BCUT2D eigenvalue weighted by molar-refractivity contribution is 5.63. The third-order valence-corrected chi connectivity index (χ3v) is 1.95. The summed E-state index contributed by atoms with van der Waals surface area (Å²) in [4.78, 5) is 6.06. The van der Waals surface area contributed by atoms with Crippen molar-refractivity contribution in [2.24, 2.45) is 0 Å². The molecule has 0 spiro atoms. The van der Waals surface area contributed by atoms with E-state index in [2.05, 4.69) is 9.97 Å². The van der Waals surface area contributed by atoms with Gasteiger partial charge in [0.2, 0.25) is 0 Å². The van der Waals surface area contributed by atoms with Crippen LogP contribution in [0.3, 0.4) is 0 Å². The van der Waals surface area contributed by atoms with Gasteiger partial charge in [0.15, 0.2) is 11.6 Å². The molecule has 2 rings (SSSR count). The molecule has 0 aromatic carbocycles. The highest BCUT2D eigenvalue weighted by atomic mass is 19.2. The van der Waals surface area contributed by atoms with E-state index in [4.69, 9.17) is 0 Å². The molecule has 0 saturated heterocycles. The van der Waals surface area contributed by atoms with Crippen molar-refractivity contribution < 1.29 is 17.6 Å². The fourth-order valence-electron chi connectivity index (χ4n) is 1.25. The molecule has 0 bridgehead atoms. The van der Waals surface area contributed by atoms with Gasteiger partial charge in [-0.05, 0) is 6.07 Å². The Labute approximate surface area is 87.6 Å². The third-order valence-electron chi connectivity index (χ3n) is 1.95. The van der Waals surface area contributed by atoms with Crippen molar-refractivity contribution in [1.29, 1.82) is 0 Å². The Hall–Kier alpha value is -1.98. The number of aromatic nitrogens is 2. The fraction of sp³-hybridized carbons (Fsp3) is 0. The lowest BCUT2D eigenvalue weighted by atomic mass is 10.1. The molecule has 0 unspecified atom stereocenters. The molecule has 0 amide bonds. The number of halogens is 4. The van der Waals surface area contributed by atoms with Crippen molar-refractivity contribution in [2.75, 3.05) is 0 Å². The standard InChI is InChI=1S/C10H4F4N2/c11-7-6(5-2-1-3-15-4-5)8(12)10(14)16-9(7)13/h1-4H. The van der Waals surface area contributed by atoms with Gasteiger partial charge in [-0.15, -0.1) is 0 Å². The quantitative estimate of drug-likeness (QED) is 0.554. The Bertz CT molecular complexity index is 502. The van der Waals surface area contributed by atoms with Crippen LogP contribution >= 0.6 is 0 Å². The molecule has 0 aliphatic rings. The smallest absolute Gasteiger partial charge is 0.252 e. The van der Waals surface area contributed by atoms with Crippen LogP contribution in [0.4, 0.5) is 17.6 Å². The van der Waals surface area contributed by atoms with Gasteiger partial charge in [-0.25, -0.2) is 8.78 Å². The summed E-state index contributed by atoms with van der Waals surface area (Å²) in [5.74, 6) is -6.44. The van der Waals surface area contributed by atoms with Crippen LogP contribution in [0.1, 0.15) is 0 Å². The van der Waals surface area contributed by atoms with E-state index in [-0.39, 0.29) is 5.56 Å². The first kappa shape index (κ1) is 10.5. The minimum Gasteiger partial charge on any atom is -0.264 e. The number of nitrogens with zero attached hydrogens (tertiary/aromatic N) is 2. The highest BCUT2D eigenvalue weighted by Crippen LogP contribution is 2.27. The van der Waals surface area contributed by atoms with Crippen molar-refractivity contribution in [2.45, 2.75) is 0 Å². The van der Waals surface area contributed by atoms with Crippen molar-refractivity contribution in [3.8, 4) is 11.1 Å². The molecule has 0 aliphatic carbocycles. The summed E-state index contributed by atoms with van der Waals surface area (Å²) in [6, 6.07) is 2.68. The van der Waals surface area contributed by atoms with Crippen LogP contribution < -0.4 is 0 Å². The van der Waals surface area contributed by atoms with Crippen LogP contribution in [0.2, 0.25) is 0 Å². The second-order valence-corrected chi connectivity index (χ2v) is 2.94. The van der Waals surface area contributed by atoms with Gasteiger partial charge in [0, 0.05) is 18.0 Å². The molecule has 0 radical (unpaired) electrons. The van der Waals surface area contributed by atoms with E-state index in [9.17, 15) is 17.6 Å². The van der Waals surface area contributed by atoms with E-state index >= 15 is 0 Å². The summed E-state index contributed by atoms with van der Waals surface area (Å²) in [6.45, 7) is 0. The Morgan fingerprint density at radius 3 is 2.06 bits per heavy atom. The number of hydrogen-bond acceptors (Lipinski definition) is 2. The Morgan fingerprint density at radius 2 is 1.56 bits per heavy atom. The van der Waals surface area contributed by atoms with Gasteiger partial charge < -0.3 is 0 Å². The minimum atomic E-state index is -1.68. The number of rotatable bonds is 1. The van der Waals surface area contributed by atoms with Gasteiger partial charge >= 0.3 is 0 Å². The van der Waals surface area contributed by atoms with Crippen molar-refractivity contribution in [3.05, 3.63) is 48.1 Å². The van der Waals surface area contributed by atoms with Gasteiger partial charge in [-0.3, -0.25) is 4.98 Å². The van der Waals surface area contributed by atoms with E-state index in [0.29, 0.717) is 0 Å². The second-order valence-electron chi connectivity index (χ2n) is 2.94. The van der Waals surface area contributed by atoms with Gasteiger partial charge in [-0.2, -0.15) is 13.8 Å². The predicted molar refractivity (Wildman–Crippen MR) is 47.3 cm³/mol. The summed E-state index contributed by atoms with van der Waals surface area (Å²) in [6.07, 6.45) is 2.47. The van der Waals surface area contributed by atoms with Crippen molar-refractivity contribution in [1.82, 2.24) is 9.97 Å². The highest BCUT2D eigenvalue weighted by Gasteiger charge is 2.21. The third kappa shape index (κ3) is 1.62. The molecular formula is C10H4F4N2. The normalized spacial score (nSPS) is 10.5. The largest absolute Gasteiger partial charge is 0.264 e. The first-order valence-electron chi connectivity index (χ1n) is 4.21. The molecule has 16 heavy (non-hydrogen) atoms. The molecule has 2 aromatic heterocycles. The average molecular weight is 228 g/mol. The van der Waals surface area contributed by atoms with E-state index in [1.54, 1.807) is 0 Å². The lowest BCUT2D eigenvalue weighted by Gasteiger charge is -2.05. The maximum atomic E-state index is 13.3. The molecule has 0 N–H and O–H groups in total. The molecule has 82 valence electrons. The van der Waals surface area contributed by atoms with Gasteiger partial charge in [-0.1, -0.05) is 6.07 Å². The zero-order valence-electron chi connectivity index (χ0n) is 7.72. The van der Waals surface area contributed by atoms with Crippen LogP contribution in [-0.2, 0) is 0 Å². The molecule has 6 heteroatoms.